The molecule has 176 valence electrons. The largest absolute Gasteiger partial charge is 0.463 e. The number of hydrogen-bond donors (Lipinski definition) is 3. The van der Waals surface area contributed by atoms with E-state index in [0.717, 1.165) is 12.8 Å². The summed E-state index contributed by atoms with van der Waals surface area (Å²) in [6.07, 6.45) is 1.80. The van der Waals surface area contributed by atoms with Gasteiger partial charge in [-0.2, -0.15) is 0 Å². The van der Waals surface area contributed by atoms with Crippen molar-refractivity contribution in [2.45, 2.75) is 25.8 Å². The van der Waals surface area contributed by atoms with Gasteiger partial charge in [-0.3, -0.25) is 4.79 Å². The summed E-state index contributed by atoms with van der Waals surface area (Å²) in [7, 11) is 0. The van der Waals surface area contributed by atoms with Crippen molar-refractivity contribution in [3.63, 3.8) is 0 Å². The topological polar surface area (TPSA) is 123 Å². The molecule has 4 rings (SSSR count). The van der Waals surface area contributed by atoms with Gasteiger partial charge in [-0.25, -0.2) is 14.4 Å². The summed E-state index contributed by atoms with van der Waals surface area (Å²) in [5, 5.41) is 8.09. The third kappa shape index (κ3) is 5.43. The van der Waals surface area contributed by atoms with Crippen LogP contribution >= 0.6 is 0 Å². The molecule has 1 fully saturated rings. The Morgan fingerprint density at radius 2 is 1.68 bits per heavy atom. The smallest absolute Gasteiger partial charge is 0.338 e. The van der Waals surface area contributed by atoms with Crippen LogP contribution in [-0.4, -0.2) is 37.1 Å². The molecular weight excluding hydrogens is 438 g/mol. The zero-order chi connectivity index (χ0) is 24.1. The molecule has 1 aliphatic heterocycles. The molecule has 1 saturated carbocycles. The Balaban J connectivity index is 1.50. The standard InChI is InChI=1S/C25H25N3O6/c1-2-33-24(31)20-19(27-25(32)28-21(20)15-6-4-3-5-7-15)14-34-23(30)17-10-12-18(13-11-17)26-22(29)16-8-9-16/h3-7,10-13,16,21H,2,8-9,14H2,1H3,(H,26,29)(H2,27,28,32)/t21-/m0/s1. The number of carbonyl (C=O) groups excluding carboxylic acids is 4. The molecule has 0 saturated heterocycles. The highest BCUT2D eigenvalue weighted by molar-refractivity contribution is 5.96. The second-order valence-electron chi connectivity index (χ2n) is 7.97. The molecule has 0 radical (unpaired) electrons. The Kier molecular flexibility index (Phi) is 6.91. The van der Waals surface area contributed by atoms with Gasteiger partial charge in [-0.15, -0.1) is 0 Å². The summed E-state index contributed by atoms with van der Waals surface area (Å²) in [6.45, 7) is 1.50. The summed E-state index contributed by atoms with van der Waals surface area (Å²) in [5.41, 5.74) is 1.86. The number of rotatable bonds is 8. The van der Waals surface area contributed by atoms with Crippen LogP contribution in [0.1, 0.15) is 41.7 Å². The molecule has 9 heteroatoms. The first-order chi connectivity index (χ1) is 16.5. The van der Waals surface area contributed by atoms with E-state index >= 15 is 0 Å². The van der Waals surface area contributed by atoms with Gasteiger partial charge in [0.25, 0.3) is 0 Å². The number of esters is 2. The molecule has 1 aliphatic carbocycles. The molecule has 2 aromatic carbocycles. The van der Waals surface area contributed by atoms with Gasteiger partial charge in [0.15, 0.2) is 0 Å². The number of amides is 3. The Morgan fingerprint density at radius 3 is 2.32 bits per heavy atom. The summed E-state index contributed by atoms with van der Waals surface area (Å²) >= 11 is 0. The number of benzene rings is 2. The van der Waals surface area contributed by atoms with Crippen LogP contribution in [0, 0.1) is 5.92 Å². The van der Waals surface area contributed by atoms with Crippen LogP contribution in [0.2, 0.25) is 0 Å². The van der Waals surface area contributed by atoms with Crippen LogP contribution in [0.4, 0.5) is 10.5 Å². The molecule has 34 heavy (non-hydrogen) atoms. The Labute approximate surface area is 196 Å². The number of ether oxygens (including phenoxy) is 2. The third-order valence-electron chi connectivity index (χ3n) is 5.47. The zero-order valence-electron chi connectivity index (χ0n) is 18.6. The van der Waals surface area contributed by atoms with Gasteiger partial charge in [0.1, 0.15) is 6.61 Å². The fourth-order valence-corrected chi connectivity index (χ4v) is 3.58. The van der Waals surface area contributed by atoms with Crippen LogP contribution in [0.25, 0.3) is 0 Å². The monoisotopic (exact) mass is 463 g/mol. The van der Waals surface area contributed by atoms with Crippen molar-refractivity contribution in [2.24, 2.45) is 5.92 Å². The van der Waals surface area contributed by atoms with Crippen LogP contribution in [-0.2, 0) is 19.1 Å². The summed E-state index contributed by atoms with van der Waals surface area (Å²) in [6, 6.07) is 14.0. The third-order valence-corrected chi connectivity index (χ3v) is 5.47. The number of anilines is 1. The van der Waals surface area contributed by atoms with Crippen molar-refractivity contribution in [1.82, 2.24) is 10.6 Å². The number of nitrogens with one attached hydrogen (secondary N) is 3. The summed E-state index contributed by atoms with van der Waals surface area (Å²) in [4.78, 5) is 49.5. The maximum absolute atomic E-state index is 12.7. The first-order valence-corrected chi connectivity index (χ1v) is 11.1. The molecule has 1 heterocycles. The van der Waals surface area contributed by atoms with Crippen molar-refractivity contribution in [3.8, 4) is 0 Å². The van der Waals surface area contributed by atoms with E-state index in [2.05, 4.69) is 16.0 Å². The molecule has 2 aliphatic rings. The van der Waals surface area contributed by atoms with E-state index in [1.54, 1.807) is 55.5 Å². The average Bonchev–Trinajstić information content (AvgIpc) is 3.69. The van der Waals surface area contributed by atoms with Gasteiger partial charge < -0.3 is 25.4 Å². The lowest BCUT2D eigenvalue weighted by molar-refractivity contribution is -0.139. The molecule has 0 unspecified atom stereocenters. The minimum Gasteiger partial charge on any atom is -0.463 e. The number of carbonyl (C=O) groups is 4. The van der Waals surface area contributed by atoms with E-state index in [1.165, 1.54) is 0 Å². The van der Waals surface area contributed by atoms with Crippen molar-refractivity contribution < 1.29 is 28.7 Å². The minimum atomic E-state index is -0.753. The van der Waals surface area contributed by atoms with Crippen molar-refractivity contribution in [3.05, 3.63) is 77.0 Å². The second kappa shape index (κ2) is 10.2. The molecule has 1 atom stereocenters. The first kappa shape index (κ1) is 23.0. The maximum atomic E-state index is 12.7. The molecule has 2 aromatic rings. The van der Waals surface area contributed by atoms with E-state index < -0.39 is 24.0 Å². The van der Waals surface area contributed by atoms with Crippen LogP contribution in [0.15, 0.2) is 65.9 Å². The molecule has 0 bridgehead atoms. The minimum absolute atomic E-state index is 0.0246. The van der Waals surface area contributed by atoms with E-state index in [4.69, 9.17) is 9.47 Å². The normalized spacial score (nSPS) is 17.3. The van der Waals surface area contributed by atoms with Crippen LogP contribution in [0.5, 0.6) is 0 Å². The second-order valence-corrected chi connectivity index (χ2v) is 7.97. The molecule has 9 nitrogen and oxygen atoms in total. The predicted molar refractivity (Wildman–Crippen MR) is 123 cm³/mol. The van der Waals surface area contributed by atoms with E-state index in [9.17, 15) is 19.2 Å². The van der Waals surface area contributed by atoms with E-state index in [1.807, 2.05) is 6.07 Å². The fraction of sp³-hybridized carbons (Fsp3) is 0.280. The lowest BCUT2D eigenvalue weighted by Gasteiger charge is -2.29. The highest BCUT2D eigenvalue weighted by Gasteiger charge is 2.34. The van der Waals surface area contributed by atoms with Gasteiger partial charge >= 0.3 is 18.0 Å². The highest BCUT2D eigenvalue weighted by Crippen LogP contribution is 2.30. The number of urea groups is 1. The van der Waals surface area contributed by atoms with E-state index in [0.29, 0.717) is 11.3 Å². The van der Waals surface area contributed by atoms with E-state index in [-0.39, 0.29) is 41.9 Å². The molecule has 3 N–H and O–H groups in total. The zero-order valence-corrected chi connectivity index (χ0v) is 18.6. The molecule has 0 spiro atoms. The Hall–Kier alpha value is -4.14. The molecule has 0 aromatic heterocycles. The van der Waals surface area contributed by atoms with Gasteiger partial charge in [0.2, 0.25) is 5.91 Å². The fourth-order valence-electron chi connectivity index (χ4n) is 3.58. The SMILES string of the molecule is CCOC(=O)C1=C(COC(=O)c2ccc(NC(=O)C3CC3)cc2)NC(=O)N[C@H]1c1ccccc1. The molecular formula is C25H25N3O6. The first-order valence-electron chi connectivity index (χ1n) is 11.1. The van der Waals surface area contributed by atoms with Gasteiger partial charge in [0, 0.05) is 11.6 Å². The van der Waals surface area contributed by atoms with Crippen LogP contribution in [0.3, 0.4) is 0 Å². The predicted octanol–water partition coefficient (Wildman–Crippen LogP) is 3.06. The molecule has 3 amide bonds. The van der Waals surface area contributed by atoms with Gasteiger partial charge in [0.05, 0.1) is 29.5 Å². The summed E-state index contributed by atoms with van der Waals surface area (Å²) in [5.74, 6) is -1.21. The number of hydrogen-bond acceptors (Lipinski definition) is 6. The van der Waals surface area contributed by atoms with Gasteiger partial charge in [-0.05, 0) is 49.6 Å². The van der Waals surface area contributed by atoms with Crippen molar-refractivity contribution in [2.75, 3.05) is 18.5 Å². The van der Waals surface area contributed by atoms with Crippen molar-refractivity contribution >= 4 is 29.6 Å². The lowest BCUT2D eigenvalue weighted by Crippen LogP contribution is -2.47. The summed E-state index contributed by atoms with van der Waals surface area (Å²) < 4.78 is 10.6. The Morgan fingerprint density at radius 1 is 0.971 bits per heavy atom. The maximum Gasteiger partial charge on any atom is 0.338 e. The van der Waals surface area contributed by atoms with Crippen LogP contribution < -0.4 is 16.0 Å². The highest BCUT2D eigenvalue weighted by atomic mass is 16.5. The quantitative estimate of drug-likeness (QED) is 0.517. The lowest BCUT2D eigenvalue weighted by atomic mass is 9.95. The van der Waals surface area contributed by atoms with Crippen molar-refractivity contribution in [1.29, 1.82) is 0 Å². The van der Waals surface area contributed by atoms with Gasteiger partial charge in [-0.1, -0.05) is 30.3 Å². The average molecular weight is 463 g/mol. The Bertz CT molecular complexity index is 1120.